The summed E-state index contributed by atoms with van der Waals surface area (Å²) < 4.78 is 3.66. The van der Waals surface area contributed by atoms with E-state index in [0.29, 0.717) is 16.0 Å². The maximum absolute atomic E-state index is 12.6. The summed E-state index contributed by atoms with van der Waals surface area (Å²) in [5, 5.41) is 14.6. The number of para-hydroxylation sites is 1. The van der Waals surface area contributed by atoms with E-state index in [1.807, 2.05) is 36.4 Å². The first-order valence-electron chi connectivity index (χ1n) is 10.4. The van der Waals surface area contributed by atoms with Gasteiger partial charge >= 0.3 is 0 Å². The van der Waals surface area contributed by atoms with Crippen molar-refractivity contribution in [2.45, 2.75) is 18.6 Å². The Morgan fingerprint density at radius 3 is 2.58 bits per heavy atom. The van der Waals surface area contributed by atoms with Crippen molar-refractivity contribution in [1.29, 1.82) is 0 Å². The predicted molar refractivity (Wildman–Crippen MR) is 135 cm³/mol. The van der Waals surface area contributed by atoms with E-state index < -0.39 is 0 Å². The fourth-order valence-corrected chi connectivity index (χ4v) is 4.75. The number of carbonyl (C=O) groups is 1. The Bertz CT molecular complexity index is 1470. The fraction of sp³-hybridized carbons (Fsp3) is 0.125. The second-order valence-electron chi connectivity index (χ2n) is 7.51. The zero-order chi connectivity index (χ0) is 22.9. The van der Waals surface area contributed by atoms with Crippen LogP contribution in [0.1, 0.15) is 6.92 Å². The van der Waals surface area contributed by atoms with Gasteiger partial charge in [0.25, 0.3) is 0 Å². The molecular formula is C24H21ClN6OS. The van der Waals surface area contributed by atoms with Crippen LogP contribution in [-0.4, -0.2) is 31.1 Å². The molecule has 0 spiro atoms. The Morgan fingerprint density at radius 1 is 1.03 bits per heavy atom. The summed E-state index contributed by atoms with van der Waals surface area (Å²) in [6.07, 6.45) is 0. The van der Waals surface area contributed by atoms with Crippen LogP contribution in [0.15, 0.2) is 71.9 Å². The number of nitrogens with zero attached hydrogens (tertiary/aromatic N) is 4. The van der Waals surface area contributed by atoms with Crippen molar-refractivity contribution in [1.82, 2.24) is 19.4 Å². The molecule has 3 aromatic carbocycles. The van der Waals surface area contributed by atoms with Crippen LogP contribution >= 0.6 is 23.4 Å². The number of carbonyl (C=O) groups excluding carboxylic acids is 1. The average Bonchev–Trinajstić information content (AvgIpc) is 3.35. The van der Waals surface area contributed by atoms with Gasteiger partial charge in [-0.2, -0.15) is 0 Å². The third-order valence-electron chi connectivity index (χ3n) is 5.47. The molecule has 9 heteroatoms. The first kappa shape index (κ1) is 21.4. The minimum absolute atomic E-state index is 0.144. The molecule has 166 valence electrons. The van der Waals surface area contributed by atoms with Crippen molar-refractivity contribution >= 4 is 56.8 Å². The Balaban J connectivity index is 1.31. The monoisotopic (exact) mass is 476 g/mol. The zero-order valence-corrected chi connectivity index (χ0v) is 19.4. The summed E-state index contributed by atoms with van der Waals surface area (Å²) in [7, 11) is 0. The van der Waals surface area contributed by atoms with Gasteiger partial charge in [0.15, 0.2) is 5.82 Å². The Hall–Kier alpha value is -3.49. The molecule has 0 aliphatic heterocycles. The number of rotatable bonds is 6. The molecule has 2 heterocycles. The molecule has 0 aliphatic rings. The summed E-state index contributed by atoms with van der Waals surface area (Å²) in [6.45, 7) is 3.01. The number of halogens is 1. The maximum Gasteiger partial charge on any atom is 0.234 e. The van der Waals surface area contributed by atoms with Crippen LogP contribution in [0.4, 0.5) is 5.69 Å². The second kappa shape index (κ2) is 8.80. The number of hydrogen-bond acceptors (Lipinski definition) is 5. The van der Waals surface area contributed by atoms with Crippen LogP contribution in [0.25, 0.3) is 33.2 Å². The predicted octanol–water partition coefficient (Wildman–Crippen LogP) is 5.17. The quantitative estimate of drug-likeness (QED) is 0.260. The zero-order valence-electron chi connectivity index (χ0n) is 17.8. The summed E-state index contributed by atoms with van der Waals surface area (Å²) >= 11 is 7.17. The van der Waals surface area contributed by atoms with Gasteiger partial charge in [0, 0.05) is 44.6 Å². The first-order valence-corrected chi connectivity index (χ1v) is 11.8. The molecule has 0 atom stereocenters. The van der Waals surface area contributed by atoms with E-state index in [-0.39, 0.29) is 11.7 Å². The lowest BCUT2D eigenvalue weighted by molar-refractivity contribution is -0.113. The van der Waals surface area contributed by atoms with Crippen LogP contribution in [0.5, 0.6) is 0 Å². The molecule has 1 amide bonds. The van der Waals surface area contributed by atoms with Gasteiger partial charge in [0.05, 0.1) is 5.75 Å². The standard InChI is InChI=1S/C24H21ClN6OS/c1-2-30-20-6-4-3-5-18(20)19-13-17(11-12-21(19)30)27-22(32)14-33-24-29-28-23(31(24)26)15-7-9-16(25)10-8-15/h3-13H,2,14,26H2,1H3,(H,27,32). The summed E-state index contributed by atoms with van der Waals surface area (Å²) in [5.41, 5.74) is 3.89. The lowest BCUT2D eigenvalue weighted by Crippen LogP contribution is -2.16. The van der Waals surface area contributed by atoms with Gasteiger partial charge in [-0.1, -0.05) is 41.6 Å². The second-order valence-corrected chi connectivity index (χ2v) is 8.89. The number of thioether (sulfide) groups is 1. The lowest BCUT2D eigenvalue weighted by Gasteiger charge is -2.07. The molecule has 0 aliphatic carbocycles. The molecule has 2 aromatic heterocycles. The van der Waals surface area contributed by atoms with E-state index in [1.54, 1.807) is 12.1 Å². The molecule has 3 N–H and O–H groups in total. The number of benzene rings is 3. The Labute approximate surface area is 199 Å². The number of amides is 1. The highest BCUT2D eigenvalue weighted by Gasteiger charge is 2.15. The van der Waals surface area contributed by atoms with E-state index in [0.717, 1.165) is 28.7 Å². The fourth-order valence-electron chi connectivity index (χ4n) is 3.97. The van der Waals surface area contributed by atoms with Crippen LogP contribution in [0.3, 0.4) is 0 Å². The molecule has 0 radical (unpaired) electrons. The number of aryl methyl sites for hydroxylation is 1. The molecular weight excluding hydrogens is 456 g/mol. The smallest absolute Gasteiger partial charge is 0.234 e. The van der Waals surface area contributed by atoms with Gasteiger partial charge in [-0.3, -0.25) is 4.79 Å². The summed E-state index contributed by atoms with van der Waals surface area (Å²) in [4.78, 5) is 12.6. The summed E-state index contributed by atoms with van der Waals surface area (Å²) in [5.74, 6) is 6.67. The number of hydrogen-bond donors (Lipinski definition) is 2. The third-order valence-corrected chi connectivity index (χ3v) is 6.67. The molecule has 0 unspecified atom stereocenters. The van der Waals surface area contributed by atoms with Crippen molar-refractivity contribution in [2.75, 3.05) is 16.9 Å². The molecule has 0 bridgehead atoms. The number of nitrogen functional groups attached to an aromatic ring is 1. The molecule has 5 rings (SSSR count). The van der Waals surface area contributed by atoms with Gasteiger partial charge in [0.2, 0.25) is 11.1 Å². The number of nitrogens with one attached hydrogen (secondary N) is 1. The van der Waals surface area contributed by atoms with Gasteiger partial charge < -0.3 is 15.7 Å². The topological polar surface area (TPSA) is 90.8 Å². The highest BCUT2D eigenvalue weighted by atomic mass is 35.5. The molecule has 33 heavy (non-hydrogen) atoms. The van der Waals surface area contributed by atoms with Crippen LogP contribution < -0.4 is 11.2 Å². The van der Waals surface area contributed by atoms with Crippen molar-refractivity contribution < 1.29 is 4.79 Å². The SMILES string of the molecule is CCn1c2ccccc2c2cc(NC(=O)CSc3nnc(-c4ccc(Cl)cc4)n3N)ccc21. The van der Waals surface area contributed by atoms with Gasteiger partial charge in [0.1, 0.15) is 0 Å². The number of anilines is 1. The van der Waals surface area contributed by atoms with Gasteiger partial charge in [-0.15, -0.1) is 10.2 Å². The summed E-state index contributed by atoms with van der Waals surface area (Å²) in [6, 6.07) is 21.5. The highest BCUT2D eigenvalue weighted by Crippen LogP contribution is 2.31. The normalized spacial score (nSPS) is 11.3. The number of aromatic nitrogens is 4. The molecule has 7 nitrogen and oxygen atoms in total. The minimum Gasteiger partial charge on any atom is -0.341 e. The lowest BCUT2D eigenvalue weighted by atomic mass is 10.1. The highest BCUT2D eigenvalue weighted by molar-refractivity contribution is 7.99. The van der Waals surface area contributed by atoms with E-state index in [4.69, 9.17) is 17.4 Å². The van der Waals surface area contributed by atoms with Crippen molar-refractivity contribution in [3.63, 3.8) is 0 Å². The molecule has 5 aromatic rings. The minimum atomic E-state index is -0.144. The molecule has 0 fully saturated rings. The average molecular weight is 477 g/mol. The Morgan fingerprint density at radius 2 is 1.79 bits per heavy atom. The number of fused-ring (bicyclic) bond motifs is 3. The van der Waals surface area contributed by atoms with Crippen molar-refractivity contribution in [3.05, 3.63) is 71.8 Å². The molecule has 0 saturated heterocycles. The van der Waals surface area contributed by atoms with E-state index in [2.05, 4.69) is 45.2 Å². The largest absolute Gasteiger partial charge is 0.341 e. The van der Waals surface area contributed by atoms with Crippen LogP contribution in [0, 0.1) is 0 Å². The van der Waals surface area contributed by atoms with E-state index in [1.165, 1.54) is 27.3 Å². The first-order chi connectivity index (χ1) is 16.0. The Kier molecular flexibility index (Phi) is 5.70. The van der Waals surface area contributed by atoms with Crippen LogP contribution in [0.2, 0.25) is 5.02 Å². The van der Waals surface area contributed by atoms with E-state index >= 15 is 0 Å². The van der Waals surface area contributed by atoms with E-state index in [9.17, 15) is 4.79 Å². The van der Waals surface area contributed by atoms with Gasteiger partial charge in [-0.05, 0) is 55.5 Å². The van der Waals surface area contributed by atoms with Gasteiger partial charge in [-0.25, -0.2) is 4.68 Å². The third kappa shape index (κ3) is 4.03. The van der Waals surface area contributed by atoms with Crippen LogP contribution in [-0.2, 0) is 11.3 Å². The number of nitrogens with two attached hydrogens (primary N) is 1. The molecule has 0 saturated carbocycles. The van der Waals surface area contributed by atoms with Crippen molar-refractivity contribution in [3.8, 4) is 11.4 Å². The maximum atomic E-state index is 12.6. The van der Waals surface area contributed by atoms with Crippen molar-refractivity contribution in [2.24, 2.45) is 0 Å².